The van der Waals surface area contributed by atoms with E-state index in [0.717, 1.165) is 30.8 Å². The number of rotatable bonds is 2. The molecule has 1 aromatic carbocycles. The molecule has 1 fully saturated rings. The minimum absolute atomic E-state index is 0.0968. The molecular weight excluding hydrogens is 306 g/mol. The van der Waals surface area contributed by atoms with Crippen molar-refractivity contribution < 1.29 is 9.53 Å². The minimum Gasteiger partial charge on any atom is -0.365 e. The van der Waals surface area contributed by atoms with Crippen molar-refractivity contribution in [2.75, 3.05) is 13.1 Å². The number of carbonyl (C=O) groups excluding carboxylic acids is 1. The van der Waals surface area contributed by atoms with E-state index in [0.29, 0.717) is 6.61 Å². The molecule has 0 saturated carbocycles. The van der Waals surface area contributed by atoms with E-state index in [1.807, 2.05) is 28.5 Å². The highest BCUT2D eigenvalue weighted by Gasteiger charge is 2.42. The molecule has 23 heavy (non-hydrogen) atoms. The van der Waals surface area contributed by atoms with Crippen molar-refractivity contribution in [2.24, 2.45) is 0 Å². The lowest BCUT2D eigenvalue weighted by molar-refractivity contribution is -0.133. The van der Waals surface area contributed by atoms with Crippen LogP contribution in [0.3, 0.4) is 0 Å². The quantitative estimate of drug-likeness (QED) is 0.786. The second-order valence-electron chi connectivity index (χ2n) is 6.11. The Hall–Kier alpha value is -1.91. The highest BCUT2D eigenvalue weighted by atomic mass is 32.1. The van der Waals surface area contributed by atoms with Crippen LogP contribution in [0.1, 0.15) is 28.8 Å². The number of hydrogen-bond donors (Lipinski definition) is 0. The fraction of sp³-hybridized carbons (Fsp3) is 0.316. The molecular formula is C19H19NO2S. The third kappa shape index (κ3) is 2.73. The summed E-state index contributed by atoms with van der Waals surface area (Å²) in [6, 6.07) is 12.5. The van der Waals surface area contributed by atoms with E-state index < -0.39 is 0 Å². The van der Waals surface area contributed by atoms with Gasteiger partial charge in [0.1, 0.15) is 0 Å². The zero-order valence-corrected chi connectivity index (χ0v) is 13.7. The summed E-state index contributed by atoms with van der Waals surface area (Å²) in [5.41, 5.74) is 2.44. The predicted molar refractivity (Wildman–Crippen MR) is 92.1 cm³/mol. The monoisotopic (exact) mass is 325 g/mol. The molecule has 2 aliphatic rings. The average molecular weight is 325 g/mol. The average Bonchev–Trinajstić information content (AvgIpc) is 3.23. The van der Waals surface area contributed by atoms with Gasteiger partial charge >= 0.3 is 0 Å². The molecule has 1 aromatic heterocycles. The first-order chi connectivity index (χ1) is 11.3. The number of fused-ring (bicyclic) bond motifs is 2. The van der Waals surface area contributed by atoms with Crippen molar-refractivity contribution >= 4 is 23.3 Å². The number of nitrogens with zero attached hydrogens (tertiary/aromatic N) is 1. The molecule has 3 nitrogen and oxygen atoms in total. The summed E-state index contributed by atoms with van der Waals surface area (Å²) < 4.78 is 6.14. The second-order valence-corrected chi connectivity index (χ2v) is 7.09. The lowest BCUT2D eigenvalue weighted by Crippen LogP contribution is -2.44. The van der Waals surface area contributed by atoms with Crippen molar-refractivity contribution in [3.05, 3.63) is 63.9 Å². The van der Waals surface area contributed by atoms with E-state index in [9.17, 15) is 4.79 Å². The molecule has 1 saturated heterocycles. The molecule has 1 amide bonds. The van der Waals surface area contributed by atoms with Gasteiger partial charge in [-0.1, -0.05) is 30.3 Å². The van der Waals surface area contributed by atoms with E-state index in [4.69, 9.17) is 4.74 Å². The van der Waals surface area contributed by atoms with Crippen LogP contribution in [0.4, 0.5) is 0 Å². The van der Waals surface area contributed by atoms with Crippen LogP contribution in [0.2, 0.25) is 0 Å². The summed E-state index contributed by atoms with van der Waals surface area (Å²) in [5.74, 6) is 0.0968. The van der Waals surface area contributed by atoms with Crippen LogP contribution in [-0.4, -0.2) is 23.9 Å². The summed E-state index contributed by atoms with van der Waals surface area (Å²) in [4.78, 5) is 15.4. The SMILES string of the molecule is O=C(/C=C/c1cccs1)N1CCC2(CC1)OCc1ccccc12. The van der Waals surface area contributed by atoms with Gasteiger partial charge in [0.15, 0.2) is 0 Å². The Balaban J connectivity index is 1.43. The Bertz CT molecular complexity index is 728. The third-order valence-corrected chi connectivity index (χ3v) is 5.67. The van der Waals surface area contributed by atoms with Crippen LogP contribution in [0, 0.1) is 0 Å². The maximum Gasteiger partial charge on any atom is 0.246 e. The zero-order chi connectivity index (χ0) is 15.7. The first kappa shape index (κ1) is 14.7. The summed E-state index contributed by atoms with van der Waals surface area (Å²) in [5, 5.41) is 2.02. The fourth-order valence-electron chi connectivity index (χ4n) is 3.53. The van der Waals surface area contributed by atoms with E-state index in [2.05, 4.69) is 24.3 Å². The van der Waals surface area contributed by atoms with Gasteiger partial charge in [0, 0.05) is 24.0 Å². The maximum atomic E-state index is 12.3. The molecule has 2 aliphatic heterocycles. The Labute approximate surface area is 140 Å². The number of hydrogen-bond acceptors (Lipinski definition) is 3. The van der Waals surface area contributed by atoms with Gasteiger partial charge in [0.25, 0.3) is 0 Å². The van der Waals surface area contributed by atoms with E-state index in [1.165, 1.54) is 11.1 Å². The number of ether oxygens (including phenoxy) is 1. The second kappa shape index (κ2) is 5.95. The zero-order valence-electron chi connectivity index (χ0n) is 12.9. The molecule has 0 aliphatic carbocycles. The van der Waals surface area contributed by atoms with Crippen LogP contribution < -0.4 is 0 Å². The standard InChI is InChI=1S/C19H19NO2S/c21-18(8-7-16-5-3-13-23-16)20-11-9-19(10-12-20)17-6-2-1-4-15(17)14-22-19/h1-8,13H,9-12,14H2/b8-7+. The Kier molecular flexibility index (Phi) is 3.79. The molecule has 2 aromatic rings. The van der Waals surface area contributed by atoms with Crippen LogP contribution >= 0.6 is 11.3 Å². The number of piperidine rings is 1. The molecule has 118 valence electrons. The Morgan fingerprint density at radius 1 is 1.17 bits per heavy atom. The summed E-state index contributed by atoms with van der Waals surface area (Å²) >= 11 is 1.64. The van der Waals surface area contributed by atoms with E-state index >= 15 is 0 Å². The first-order valence-electron chi connectivity index (χ1n) is 8.00. The van der Waals surface area contributed by atoms with Crippen LogP contribution in [-0.2, 0) is 21.7 Å². The maximum absolute atomic E-state index is 12.3. The van der Waals surface area contributed by atoms with Gasteiger partial charge in [0.05, 0.1) is 12.2 Å². The van der Waals surface area contributed by atoms with Gasteiger partial charge in [-0.25, -0.2) is 0 Å². The molecule has 0 unspecified atom stereocenters. The van der Waals surface area contributed by atoms with Crippen molar-refractivity contribution in [3.63, 3.8) is 0 Å². The van der Waals surface area contributed by atoms with Crippen LogP contribution in [0.5, 0.6) is 0 Å². The van der Waals surface area contributed by atoms with E-state index in [-0.39, 0.29) is 11.5 Å². The van der Waals surface area contributed by atoms with Gasteiger partial charge in [-0.15, -0.1) is 11.3 Å². The number of carbonyl (C=O) groups is 1. The van der Waals surface area contributed by atoms with Crippen molar-refractivity contribution in [3.8, 4) is 0 Å². The lowest BCUT2D eigenvalue weighted by atomic mass is 9.84. The molecule has 0 N–H and O–H groups in total. The molecule has 0 radical (unpaired) electrons. The molecule has 1 spiro atoms. The normalized spacial score (nSPS) is 19.4. The lowest BCUT2D eigenvalue weighted by Gasteiger charge is -2.39. The Morgan fingerprint density at radius 3 is 2.78 bits per heavy atom. The Morgan fingerprint density at radius 2 is 2.00 bits per heavy atom. The van der Waals surface area contributed by atoms with Gasteiger partial charge in [-0.05, 0) is 41.5 Å². The van der Waals surface area contributed by atoms with Gasteiger partial charge in [-0.3, -0.25) is 4.79 Å². The van der Waals surface area contributed by atoms with Crippen LogP contribution in [0.25, 0.3) is 6.08 Å². The van der Waals surface area contributed by atoms with E-state index in [1.54, 1.807) is 17.4 Å². The highest BCUT2D eigenvalue weighted by Crippen LogP contribution is 2.43. The number of thiophene rings is 1. The molecule has 4 heteroatoms. The molecule has 0 bridgehead atoms. The fourth-order valence-corrected chi connectivity index (χ4v) is 4.15. The van der Waals surface area contributed by atoms with Gasteiger partial charge < -0.3 is 9.64 Å². The molecule has 0 atom stereocenters. The topological polar surface area (TPSA) is 29.5 Å². The predicted octanol–water partition coefficient (Wildman–Crippen LogP) is 3.81. The largest absolute Gasteiger partial charge is 0.365 e. The number of amides is 1. The summed E-state index contributed by atoms with van der Waals surface area (Å²) in [6.07, 6.45) is 5.34. The minimum atomic E-state index is -0.176. The van der Waals surface area contributed by atoms with Crippen molar-refractivity contribution in [2.45, 2.75) is 25.0 Å². The van der Waals surface area contributed by atoms with Crippen LogP contribution in [0.15, 0.2) is 47.9 Å². The van der Waals surface area contributed by atoms with Crippen molar-refractivity contribution in [1.29, 1.82) is 0 Å². The van der Waals surface area contributed by atoms with Crippen molar-refractivity contribution in [1.82, 2.24) is 4.90 Å². The summed E-state index contributed by atoms with van der Waals surface area (Å²) in [6.45, 7) is 2.20. The molecule has 4 rings (SSSR count). The number of benzene rings is 1. The first-order valence-corrected chi connectivity index (χ1v) is 8.88. The molecule has 3 heterocycles. The van der Waals surface area contributed by atoms with Gasteiger partial charge in [0.2, 0.25) is 5.91 Å². The summed E-state index contributed by atoms with van der Waals surface area (Å²) in [7, 11) is 0. The van der Waals surface area contributed by atoms with Gasteiger partial charge in [-0.2, -0.15) is 0 Å². The number of likely N-dealkylation sites (tertiary alicyclic amines) is 1. The third-order valence-electron chi connectivity index (χ3n) is 4.83. The smallest absolute Gasteiger partial charge is 0.246 e. The highest BCUT2D eigenvalue weighted by molar-refractivity contribution is 7.10.